The predicted molar refractivity (Wildman–Crippen MR) is 82.8 cm³/mol. The molecule has 0 heterocycles. The van der Waals surface area contributed by atoms with Gasteiger partial charge in [-0.3, -0.25) is 0 Å². The highest BCUT2D eigenvalue weighted by atomic mass is 16.3. The van der Waals surface area contributed by atoms with Crippen molar-refractivity contribution in [1.82, 2.24) is 0 Å². The van der Waals surface area contributed by atoms with Crippen LogP contribution in [0, 0.1) is 18.3 Å². The molecule has 1 unspecified atom stereocenters. The molecule has 1 aliphatic carbocycles. The summed E-state index contributed by atoms with van der Waals surface area (Å²) >= 11 is 0. The normalized spacial score (nSPS) is 21.9. The number of aliphatic hydroxyl groups is 1. The average molecular weight is 256 g/mol. The van der Waals surface area contributed by atoms with Gasteiger partial charge in [0.1, 0.15) is 0 Å². The van der Waals surface area contributed by atoms with E-state index in [0.717, 1.165) is 17.6 Å². The van der Waals surface area contributed by atoms with E-state index in [9.17, 15) is 5.11 Å². The molecule has 0 saturated heterocycles. The molecular formula is C18H24O. The maximum atomic E-state index is 10.1. The van der Waals surface area contributed by atoms with Gasteiger partial charge >= 0.3 is 0 Å². The van der Waals surface area contributed by atoms with Gasteiger partial charge in [0.25, 0.3) is 0 Å². The number of hydrogen-bond acceptors (Lipinski definition) is 1. The molecule has 1 aliphatic rings. The van der Waals surface area contributed by atoms with E-state index in [-0.39, 0.29) is 0 Å². The van der Waals surface area contributed by atoms with Crippen molar-refractivity contribution in [3.63, 3.8) is 0 Å². The summed E-state index contributed by atoms with van der Waals surface area (Å²) in [5.41, 5.74) is 3.44. The molecule has 1 N–H and O–H groups in total. The lowest BCUT2D eigenvalue weighted by molar-refractivity contribution is 0.355. The van der Waals surface area contributed by atoms with Crippen LogP contribution in [0.5, 0.6) is 0 Å². The SMILES string of the molecule is C#C/C=C(\C=C(\O)CC1C=C(C)CCC1)C(/C)=C/C. The van der Waals surface area contributed by atoms with Gasteiger partial charge in [-0.1, -0.05) is 23.6 Å². The lowest BCUT2D eigenvalue weighted by atomic mass is 9.88. The van der Waals surface area contributed by atoms with Crippen LogP contribution < -0.4 is 0 Å². The smallest absolute Gasteiger partial charge is 0.0934 e. The molecule has 0 amide bonds. The van der Waals surface area contributed by atoms with E-state index in [1.165, 1.54) is 18.4 Å². The van der Waals surface area contributed by atoms with E-state index in [2.05, 4.69) is 18.9 Å². The number of hydrogen-bond donors (Lipinski definition) is 1. The topological polar surface area (TPSA) is 20.2 Å². The molecule has 0 saturated carbocycles. The molecule has 0 aromatic heterocycles. The molecular weight excluding hydrogens is 232 g/mol. The molecule has 0 aromatic rings. The zero-order chi connectivity index (χ0) is 14.3. The summed E-state index contributed by atoms with van der Waals surface area (Å²) in [5, 5.41) is 10.1. The van der Waals surface area contributed by atoms with Gasteiger partial charge in [-0.2, -0.15) is 0 Å². The van der Waals surface area contributed by atoms with Gasteiger partial charge in [0, 0.05) is 6.42 Å². The first-order chi connectivity index (χ1) is 9.06. The first-order valence-electron chi connectivity index (χ1n) is 6.93. The Labute approximate surface area is 117 Å². The molecule has 102 valence electrons. The quantitative estimate of drug-likeness (QED) is 0.321. The van der Waals surface area contributed by atoms with Crippen molar-refractivity contribution in [2.45, 2.75) is 46.5 Å². The highest BCUT2D eigenvalue weighted by Gasteiger charge is 2.13. The van der Waals surface area contributed by atoms with Crippen LogP contribution in [0.1, 0.15) is 46.5 Å². The zero-order valence-electron chi connectivity index (χ0n) is 12.2. The summed E-state index contributed by atoms with van der Waals surface area (Å²) in [7, 11) is 0. The molecule has 1 heteroatoms. The summed E-state index contributed by atoms with van der Waals surface area (Å²) < 4.78 is 0. The van der Waals surface area contributed by atoms with Crippen LogP contribution in [-0.2, 0) is 0 Å². The van der Waals surface area contributed by atoms with Crippen molar-refractivity contribution in [2.75, 3.05) is 0 Å². The minimum Gasteiger partial charge on any atom is -0.512 e. The van der Waals surface area contributed by atoms with E-state index in [4.69, 9.17) is 6.42 Å². The van der Waals surface area contributed by atoms with Crippen molar-refractivity contribution < 1.29 is 5.11 Å². The Kier molecular flexibility index (Phi) is 6.22. The number of aliphatic hydroxyl groups excluding tert-OH is 1. The molecule has 1 rings (SSSR count). The molecule has 0 bridgehead atoms. The maximum absolute atomic E-state index is 10.1. The third-order valence-electron chi connectivity index (χ3n) is 3.59. The van der Waals surface area contributed by atoms with Crippen LogP contribution in [-0.4, -0.2) is 5.11 Å². The van der Waals surface area contributed by atoms with Gasteiger partial charge in [0.05, 0.1) is 5.76 Å². The van der Waals surface area contributed by atoms with Gasteiger partial charge in [-0.15, -0.1) is 6.42 Å². The van der Waals surface area contributed by atoms with Crippen molar-refractivity contribution in [2.24, 2.45) is 5.92 Å². The summed E-state index contributed by atoms with van der Waals surface area (Å²) in [6.07, 6.45) is 17.4. The van der Waals surface area contributed by atoms with Crippen molar-refractivity contribution in [1.29, 1.82) is 0 Å². The Balaban J connectivity index is 2.78. The van der Waals surface area contributed by atoms with E-state index in [0.29, 0.717) is 18.1 Å². The number of allylic oxidation sites excluding steroid dienone is 8. The van der Waals surface area contributed by atoms with E-state index in [1.807, 2.05) is 19.9 Å². The second kappa shape index (κ2) is 7.69. The van der Waals surface area contributed by atoms with Gasteiger partial charge in [0.15, 0.2) is 0 Å². The molecule has 0 aromatic carbocycles. The number of terminal acetylenes is 1. The lowest BCUT2D eigenvalue weighted by Gasteiger charge is -2.19. The van der Waals surface area contributed by atoms with E-state index >= 15 is 0 Å². The molecule has 1 nitrogen and oxygen atoms in total. The fourth-order valence-electron chi connectivity index (χ4n) is 2.41. The molecule has 0 spiro atoms. The van der Waals surface area contributed by atoms with Crippen LogP contribution in [0.3, 0.4) is 0 Å². The third kappa shape index (κ3) is 5.22. The van der Waals surface area contributed by atoms with Crippen LogP contribution in [0.4, 0.5) is 0 Å². The van der Waals surface area contributed by atoms with Gasteiger partial charge in [-0.25, -0.2) is 0 Å². The van der Waals surface area contributed by atoms with Crippen molar-refractivity contribution in [3.05, 3.63) is 46.8 Å². The van der Waals surface area contributed by atoms with Crippen LogP contribution >= 0.6 is 0 Å². The second-order valence-corrected chi connectivity index (χ2v) is 5.24. The summed E-state index contributed by atoms with van der Waals surface area (Å²) in [6, 6.07) is 0. The monoisotopic (exact) mass is 256 g/mol. The zero-order valence-corrected chi connectivity index (χ0v) is 12.2. The lowest BCUT2D eigenvalue weighted by Crippen LogP contribution is -2.05. The Morgan fingerprint density at radius 2 is 2.32 bits per heavy atom. The molecule has 1 atom stereocenters. The summed E-state index contributed by atoms with van der Waals surface area (Å²) in [4.78, 5) is 0. The van der Waals surface area contributed by atoms with E-state index < -0.39 is 0 Å². The fourth-order valence-corrected chi connectivity index (χ4v) is 2.41. The van der Waals surface area contributed by atoms with Gasteiger partial charge in [-0.05, 0) is 69.2 Å². The van der Waals surface area contributed by atoms with Crippen molar-refractivity contribution >= 4 is 0 Å². The van der Waals surface area contributed by atoms with Crippen LogP contribution in [0.2, 0.25) is 0 Å². The summed E-state index contributed by atoms with van der Waals surface area (Å²) in [6.45, 7) is 6.13. The highest BCUT2D eigenvalue weighted by molar-refractivity contribution is 5.42. The standard InChI is InChI=1S/C18H24O/c1-5-8-17(15(4)6-2)13-18(19)12-16-10-7-9-14(3)11-16/h1,6,8,11,13,16,19H,7,9-10,12H2,2-4H3/b15-6+,17-8+,18-13+. The summed E-state index contributed by atoms with van der Waals surface area (Å²) in [5.74, 6) is 3.41. The Morgan fingerprint density at radius 3 is 2.89 bits per heavy atom. The molecule has 0 aliphatic heterocycles. The molecule has 0 fully saturated rings. The van der Waals surface area contributed by atoms with Crippen LogP contribution in [0.15, 0.2) is 46.8 Å². The highest BCUT2D eigenvalue weighted by Crippen LogP contribution is 2.27. The first-order valence-corrected chi connectivity index (χ1v) is 6.93. The molecule has 19 heavy (non-hydrogen) atoms. The molecule has 0 radical (unpaired) electrons. The first kappa shape index (κ1) is 15.4. The van der Waals surface area contributed by atoms with Crippen LogP contribution in [0.25, 0.3) is 0 Å². The maximum Gasteiger partial charge on any atom is 0.0934 e. The number of rotatable bonds is 4. The Morgan fingerprint density at radius 1 is 1.58 bits per heavy atom. The Hall–Kier alpha value is -1.68. The average Bonchev–Trinajstić information content (AvgIpc) is 2.37. The van der Waals surface area contributed by atoms with Crippen molar-refractivity contribution in [3.8, 4) is 12.3 Å². The minimum absolute atomic E-state index is 0.415. The minimum atomic E-state index is 0.415. The third-order valence-corrected chi connectivity index (χ3v) is 3.59. The largest absolute Gasteiger partial charge is 0.512 e. The fraction of sp³-hybridized carbons (Fsp3) is 0.444. The Bertz CT molecular complexity index is 466. The van der Waals surface area contributed by atoms with Gasteiger partial charge < -0.3 is 5.11 Å². The second-order valence-electron chi connectivity index (χ2n) is 5.24. The predicted octanol–water partition coefficient (Wildman–Crippen LogP) is 5.09. The van der Waals surface area contributed by atoms with Gasteiger partial charge in [0.2, 0.25) is 0 Å². The van der Waals surface area contributed by atoms with E-state index in [1.54, 1.807) is 12.2 Å².